The second-order valence-corrected chi connectivity index (χ2v) is 14.0. The molecule has 12 nitrogen and oxygen atoms in total. The molecule has 1 saturated heterocycles. The van der Waals surface area contributed by atoms with E-state index in [1.54, 1.807) is 51.9 Å². The maximum atomic E-state index is 12.8. The number of rotatable bonds is 15. The van der Waals surface area contributed by atoms with Crippen LogP contribution in [-0.4, -0.2) is 111 Å². The van der Waals surface area contributed by atoms with Crippen LogP contribution >= 0.6 is 11.3 Å². The van der Waals surface area contributed by atoms with E-state index in [-0.39, 0.29) is 5.91 Å². The Bertz CT molecular complexity index is 2190. The van der Waals surface area contributed by atoms with Crippen LogP contribution in [0.25, 0.3) is 43.3 Å². The average Bonchev–Trinajstić information content (AvgIpc) is 3.87. The number of hydrogen-bond acceptors (Lipinski definition) is 12. The van der Waals surface area contributed by atoms with Crippen LogP contribution in [0.15, 0.2) is 84.9 Å². The number of methoxy groups -OCH3 is 4. The Morgan fingerprint density at radius 1 is 0.673 bits per heavy atom. The van der Waals surface area contributed by atoms with Crippen LogP contribution < -0.4 is 28.4 Å². The van der Waals surface area contributed by atoms with Gasteiger partial charge in [0.2, 0.25) is 11.7 Å². The number of fused-ring (bicyclic) bond motifs is 1. The zero-order valence-electron chi connectivity index (χ0n) is 31.7. The lowest BCUT2D eigenvalue weighted by atomic mass is 10.1. The quantitative estimate of drug-likeness (QED) is 0.105. The summed E-state index contributed by atoms with van der Waals surface area (Å²) in [5.41, 5.74) is 4.79. The van der Waals surface area contributed by atoms with Gasteiger partial charge < -0.3 is 28.4 Å². The minimum Gasteiger partial charge on any atom is -0.493 e. The van der Waals surface area contributed by atoms with Gasteiger partial charge in [-0.1, -0.05) is 12.1 Å². The normalized spacial score (nSPS) is 13.5. The van der Waals surface area contributed by atoms with Crippen molar-refractivity contribution in [1.82, 2.24) is 24.6 Å². The van der Waals surface area contributed by atoms with E-state index in [0.717, 1.165) is 66.7 Å². The summed E-state index contributed by atoms with van der Waals surface area (Å²) in [7, 11) is 6.29. The molecule has 1 fully saturated rings. The molecule has 0 unspecified atom stereocenters. The average molecular weight is 764 g/mol. The summed E-state index contributed by atoms with van der Waals surface area (Å²) < 4.78 is 37.2. The summed E-state index contributed by atoms with van der Waals surface area (Å²) in [6, 6.07) is 27.5. The Balaban J connectivity index is 0.915. The zero-order valence-corrected chi connectivity index (χ0v) is 32.6. The molecule has 1 aliphatic heterocycles. The third kappa shape index (κ3) is 8.54. The largest absolute Gasteiger partial charge is 0.493 e. The number of piperazine rings is 1. The van der Waals surface area contributed by atoms with Gasteiger partial charge in [0.1, 0.15) is 24.0 Å². The molecule has 0 N–H and O–H groups in total. The summed E-state index contributed by atoms with van der Waals surface area (Å²) in [6.45, 7) is 8.04. The Labute approximate surface area is 324 Å². The number of hydrogen-bond donors (Lipinski definition) is 0. The van der Waals surface area contributed by atoms with Crippen LogP contribution in [0.2, 0.25) is 0 Å². The van der Waals surface area contributed by atoms with Gasteiger partial charge in [0.05, 0.1) is 50.0 Å². The van der Waals surface area contributed by atoms with Crippen molar-refractivity contribution < 1.29 is 33.2 Å². The number of thiazole rings is 1. The molecule has 0 bridgehead atoms. The van der Waals surface area contributed by atoms with E-state index in [2.05, 4.69) is 33.1 Å². The monoisotopic (exact) mass is 763 g/mol. The molecule has 286 valence electrons. The predicted octanol–water partition coefficient (Wildman–Crippen LogP) is 7.26. The fourth-order valence-electron chi connectivity index (χ4n) is 6.65. The van der Waals surface area contributed by atoms with Crippen molar-refractivity contribution in [3.63, 3.8) is 0 Å². The standard InChI is InChI=1S/C42H45N5O7S/c1-28(48)47-35(27-34(44-47)31-25-38(50-3)41(52-5)39(26-31)51-4)30-12-15-36(49-2)37(24-30)54-23-21-46-18-16-45(17-19-46)20-22-53-32-13-10-29(11-14-32)42-43-33-8-6-7-9-40(33)55-42/h6-15,24-27H,16-23H2,1-5H3. The zero-order chi connectivity index (χ0) is 38.3. The summed E-state index contributed by atoms with van der Waals surface area (Å²) >= 11 is 1.70. The summed E-state index contributed by atoms with van der Waals surface area (Å²) in [6.07, 6.45) is 0. The molecule has 55 heavy (non-hydrogen) atoms. The fourth-order valence-corrected chi connectivity index (χ4v) is 7.62. The van der Waals surface area contributed by atoms with E-state index in [1.165, 1.54) is 16.3 Å². The van der Waals surface area contributed by atoms with Crippen LogP contribution in [-0.2, 0) is 0 Å². The smallest absolute Gasteiger partial charge is 0.244 e. The molecule has 0 aliphatic carbocycles. The van der Waals surface area contributed by atoms with Gasteiger partial charge in [-0.25, -0.2) is 4.98 Å². The van der Waals surface area contributed by atoms with Gasteiger partial charge in [-0.05, 0) is 72.8 Å². The van der Waals surface area contributed by atoms with Crippen molar-refractivity contribution in [2.75, 3.05) is 80.9 Å². The first-order valence-corrected chi connectivity index (χ1v) is 18.9. The van der Waals surface area contributed by atoms with Crippen molar-refractivity contribution in [2.45, 2.75) is 6.92 Å². The minimum absolute atomic E-state index is 0.229. The molecular formula is C42H45N5O7S. The second-order valence-electron chi connectivity index (χ2n) is 13.0. The van der Waals surface area contributed by atoms with Crippen molar-refractivity contribution in [3.8, 4) is 67.6 Å². The molecule has 6 aromatic rings. The van der Waals surface area contributed by atoms with Gasteiger partial charge in [0.15, 0.2) is 23.0 Å². The molecule has 3 heterocycles. The van der Waals surface area contributed by atoms with Gasteiger partial charge in [0.25, 0.3) is 0 Å². The van der Waals surface area contributed by atoms with Crippen LogP contribution in [0.5, 0.6) is 34.5 Å². The Kier molecular flexibility index (Phi) is 11.8. The molecular weight excluding hydrogens is 719 g/mol. The highest BCUT2D eigenvalue weighted by molar-refractivity contribution is 7.21. The van der Waals surface area contributed by atoms with Crippen LogP contribution in [0, 0.1) is 0 Å². The molecule has 0 spiro atoms. The lowest BCUT2D eigenvalue weighted by Gasteiger charge is -2.34. The maximum Gasteiger partial charge on any atom is 0.244 e. The van der Waals surface area contributed by atoms with E-state index in [0.29, 0.717) is 58.9 Å². The van der Waals surface area contributed by atoms with Gasteiger partial charge in [-0.15, -0.1) is 11.3 Å². The second kappa shape index (κ2) is 17.2. The summed E-state index contributed by atoms with van der Waals surface area (Å²) in [4.78, 5) is 22.4. The molecule has 0 atom stereocenters. The molecule has 7 rings (SSSR count). The van der Waals surface area contributed by atoms with Crippen molar-refractivity contribution >= 4 is 27.5 Å². The lowest BCUT2D eigenvalue weighted by molar-refractivity contribution is 0.0923. The number of aromatic nitrogens is 3. The summed E-state index contributed by atoms with van der Waals surface area (Å²) in [5, 5.41) is 5.66. The number of ether oxygens (including phenoxy) is 6. The SMILES string of the molecule is COc1ccc(-c2cc(-c3cc(OC)c(OC)c(OC)c3)nn2C(C)=O)cc1OCCN1CCN(CCOc2ccc(-c3nc4ccccc4s3)cc2)CC1. The number of carbonyl (C=O) groups is 1. The Morgan fingerprint density at radius 2 is 1.29 bits per heavy atom. The van der Waals surface area contributed by atoms with Gasteiger partial charge >= 0.3 is 0 Å². The fraction of sp³-hybridized carbons (Fsp3) is 0.310. The predicted molar refractivity (Wildman–Crippen MR) is 215 cm³/mol. The molecule has 0 amide bonds. The summed E-state index contributed by atoms with van der Waals surface area (Å²) in [5.74, 6) is 3.30. The number of para-hydroxylation sites is 1. The lowest BCUT2D eigenvalue weighted by Crippen LogP contribution is -2.48. The van der Waals surface area contributed by atoms with Crippen molar-refractivity contribution in [3.05, 3.63) is 84.9 Å². The molecule has 4 aromatic carbocycles. The first-order chi connectivity index (χ1) is 26.9. The highest BCUT2D eigenvalue weighted by atomic mass is 32.1. The van der Waals surface area contributed by atoms with E-state index >= 15 is 0 Å². The maximum absolute atomic E-state index is 12.8. The molecule has 0 radical (unpaired) electrons. The number of benzene rings is 4. The van der Waals surface area contributed by atoms with Crippen LogP contribution in [0.1, 0.15) is 11.7 Å². The number of carbonyl (C=O) groups excluding carboxylic acids is 1. The van der Waals surface area contributed by atoms with E-state index in [9.17, 15) is 4.79 Å². The van der Waals surface area contributed by atoms with E-state index in [4.69, 9.17) is 33.4 Å². The van der Waals surface area contributed by atoms with E-state index in [1.807, 2.05) is 54.6 Å². The molecule has 2 aromatic heterocycles. The Morgan fingerprint density at radius 3 is 1.91 bits per heavy atom. The van der Waals surface area contributed by atoms with Crippen molar-refractivity contribution in [2.24, 2.45) is 0 Å². The van der Waals surface area contributed by atoms with Gasteiger partial charge in [0, 0.05) is 62.9 Å². The molecule has 0 saturated carbocycles. The highest BCUT2D eigenvalue weighted by Gasteiger charge is 2.21. The molecule has 1 aliphatic rings. The third-order valence-electron chi connectivity index (χ3n) is 9.63. The minimum atomic E-state index is -0.229. The van der Waals surface area contributed by atoms with Crippen LogP contribution in [0.4, 0.5) is 0 Å². The topological polar surface area (TPSA) is 110 Å². The van der Waals surface area contributed by atoms with Crippen molar-refractivity contribution in [1.29, 1.82) is 0 Å². The van der Waals surface area contributed by atoms with Gasteiger partial charge in [-0.2, -0.15) is 9.78 Å². The Hall–Kier alpha value is -5.63. The van der Waals surface area contributed by atoms with Gasteiger partial charge in [-0.3, -0.25) is 14.6 Å². The highest BCUT2D eigenvalue weighted by Crippen LogP contribution is 2.42. The first-order valence-electron chi connectivity index (χ1n) is 18.1. The van der Waals surface area contributed by atoms with Crippen LogP contribution in [0.3, 0.4) is 0 Å². The molecule has 13 heteroatoms. The number of nitrogens with zero attached hydrogens (tertiary/aromatic N) is 5. The first kappa shape index (κ1) is 37.7. The third-order valence-corrected chi connectivity index (χ3v) is 10.7. The van der Waals surface area contributed by atoms with E-state index < -0.39 is 0 Å².